The molecule has 6 nitrogen and oxygen atoms in total. The minimum absolute atomic E-state index is 0.0369. The number of hydrogen-bond donors (Lipinski definition) is 1. The maximum Gasteiger partial charge on any atom is 0.258 e. The van der Waals surface area contributed by atoms with Crippen molar-refractivity contribution in [2.75, 3.05) is 20.7 Å². The van der Waals surface area contributed by atoms with Gasteiger partial charge in [-0.05, 0) is 26.8 Å². The lowest BCUT2D eigenvalue weighted by atomic mass is 9.75. The van der Waals surface area contributed by atoms with Crippen molar-refractivity contribution in [3.8, 4) is 0 Å². The van der Waals surface area contributed by atoms with E-state index < -0.39 is 11.1 Å². The maximum atomic E-state index is 12.8. The van der Waals surface area contributed by atoms with Crippen LogP contribution < -0.4 is 0 Å². The summed E-state index contributed by atoms with van der Waals surface area (Å²) >= 11 is 0. The van der Waals surface area contributed by atoms with E-state index in [0.717, 1.165) is 0 Å². The van der Waals surface area contributed by atoms with Crippen LogP contribution in [-0.2, 0) is 14.3 Å². The van der Waals surface area contributed by atoms with Crippen LogP contribution >= 0.6 is 0 Å². The molecular formula is C19H31N3O3. The smallest absolute Gasteiger partial charge is 0.258 e. The predicted molar refractivity (Wildman–Crippen MR) is 99.5 cm³/mol. The summed E-state index contributed by atoms with van der Waals surface area (Å²) < 4.78 is 5.87. The number of carbonyl (C=O) groups excluding carboxylic acids is 2. The van der Waals surface area contributed by atoms with Gasteiger partial charge >= 0.3 is 0 Å². The maximum absolute atomic E-state index is 12.8. The van der Waals surface area contributed by atoms with Crippen LogP contribution in [0.15, 0.2) is 23.3 Å². The molecule has 0 saturated carbocycles. The molecule has 1 saturated heterocycles. The third-order valence-electron chi connectivity index (χ3n) is 5.27. The highest BCUT2D eigenvalue weighted by molar-refractivity contribution is 6.17. The van der Waals surface area contributed by atoms with Gasteiger partial charge in [-0.2, -0.15) is 0 Å². The van der Waals surface area contributed by atoms with Gasteiger partial charge in [-0.25, -0.2) is 0 Å². The van der Waals surface area contributed by atoms with Crippen molar-refractivity contribution in [2.45, 2.75) is 59.1 Å². The second-order valence-corrected chi connectivity index (χ2v) is 6.53. The van der Waals surface area contributed by atoms with Crippen LogP contribution in [0.1, 0.15) is 48.0 Å². The number of nitrogens with zero attached hydrogens (tertiary/aromatic N) is 2. The summed E-state index contributed by atoms with van der Waals surface area (Å²) in [5.74, 6) is -0.113. The number of rotatable bonds is 2. The van der Waals surface area contributed by atoms with Crippen LogP contribution in [0.25, 0.3) is 0 Å². The number of hydrogen-bond acceptors (Lipinski definition) is 4. The molecule has 2 rings (SSSR count). The number of likely N-dealkylation sites (N-methyl/N-ethyl adjacent to an activating group) is 1. The molecule has 2 heterocycles. The molecule has 0 spiro atoms. The average Bonchev–Trinajstić information content (AvgIpc) is 2.86. The molecule has 140 valence electrons. The van der Waals surface area contributed by atoms with E-state index in [1.165, 1.54) is 11.8 Å². The molecule has 6 heteroatoms. The lowest BCUT2D eigenvalue weighted by molar-refractivity contribution is -0.140. The first kappa shape index (κ1) is 21.1. The van der Waals surface area contributed by atoms with Crippen LogP contribution in [0.2, 0.25) is 0 Å². The number of carbonyl (C=O) groups is 2. The highest BCUT2D eigenvalue weighted by atomic mass is 16.5. The molecule has 0 aliphatic carbocycles. The van der Waals surface area contributed by atoms with Crippen LogP contribution in [0.5, 0.6) is 0 Å². The standard InChI is InChI=1S/C17H25N3O3.C2H6/c1-7-12-10-13(15(22)19(5)14(12)18)17(23-6)8-9-20(11(2)21)16(17,3)4;1-2/h7,10,18H,8-9H2,1-6H3;1-2H3/b12-7+,18-14?;. The van der Waals surface area contributed by atoms with Crippen molar-refractivity contribution in [3.05, 3.63) is 23.3 Å². The van der Waals surface area contributed by atoms with E-state index in [2.05, 4.69) is 0 Å². The molecular weight excluding hydrogens is 318 g/mol. The van der Waals surface area contributed by atoms with Crippen LogP contribution in [0.3, 0.4) is 0 Å². The van der Waals surface area contributed by atoms with E-state index in [-0.39, 0.29) is 17.6 Å². The van der Waals surface area contributed by atoms with Crippen molar-refractivity contribution in [1.82, 2.24) is 9.80 Å². The van der Waals surface area contributed by atoms with Gasteiger partial charge in [0.2, 0.25) is 5.91 Å². The van der Waals surface area contributed by atoms with E-state index in [4.69, 9.17) is 10.1 Å². The van der Waals surface area contributed by atoms with Crippen molar-refractivity contribution < 1.29 is 14.3 Å². The lowest BCUT2D eigenvalue weighted by Crippen LogP contribution is -2.60. The first-order valence-corrected chi connectivity index (χ1v) is 8.73. The van der Waals surface area contributed by atoms with Gasteiger partial charge in [0.1, 0.15) is 11.4 Å². The SMILES string of the molecule is C/C=C1\C=C(C2(OC)CCN(C(C)=O)C2(C)C)C(=O)N(C)C1=N.CC. The Balaban J connectivity index is 0.00000151. The van der Waals surface area contributed by atoms with Gasteiger partial charge in [0.25, 0.3) is 5.91 Å². The zero-order valence-corrected chi connectivity index (χ0v) is 16.7. The summed E-state index contributed by atoms with van der Waals surface area (Å²) in [6.45, 7) is 11.8. The molecule has 0 aromatic rings. The molecule has 1 N–H and O–H groups in total. The van der Waals surface area contributed by atoms with E-state index >= 15 is 0 Å². The quantitative estimate of drug-likeness (QED) is 0.833. The molecule has 0 radical (unpaired) electrons. The lowest BCUT2D eigenvalue weighted by Gasteiger charge is -2.46. The van der Waals surface area contributed by atoms with Crippen molar-refractivity contribution in [2.24, 2.45) is 0 Å². The third-order valence-corrected chi connectivity index (χ3v) is 5.27. The Bertz CT molecular complexity index is 634. The molecule has 2 aliphatic rings. The highest BCUT2D eigenvalue weighted by Crippen LogP contribution is 2.47. The number of methoxy groups -OCH3 is 1. The van der Waals surface area contributed by atoms with Gasteiger partial charge in [0.15, 0.2) is 0 Å². The topological polar surface area (TPSA) is 73.7 Å². The molecule has 2 amide bonds. The van der Waals surface area contributed by atoms with Crippen molar-refractivity contribution in [1.29, 1.82) is 5.41 Å². The van der Waals surface area contributed by atoms with Crippen LogP contribution in [0, 0.1) is 5.41 Å². The van der Waals surface area contributed by atoms with Gasteiger partial charge in [-0.3, -0.25) is 19.9 Å². The first-order valence-electron chi connectivity index (χ1n) is 8.73. The summed E-state index contributed by atoms with van der Waals surface area (Å²) in [6, 6.07) is 0. The Labute approximate surface area is 151 Å². The molecule has 1 fully saturated rings. The summed E-state index contributed by atoms with van der Waals surface area (Å²) in [5, 5.41) is 8.06. The van der Waals surface area contributed by atoms with E-state index in [9.17, 15) is 9.59 Å². The van der Waals surface area contributed by atoms with Crippen LogP contribution in [-0.4, -0.2) is 59.3 Å². The molecule has 0 aromatic carbocycles. The molecule has 1 atom stereocenters. The second-order valence-electron chi connectivity index (χ2n) is 6.53. The number of amidine groups is 1. The molecule has 25 heavy (non-hydrogen) atoms. The molecule has 0 aromatic heterocycles. The number of ether oxygens (including phenoxy) is 1. The highest BCUT2D eigenvalue weighted by Gasteiger charge is 2.59. The fourth-order valence-corrected chi connectivity index (χ4v) is 3.82. The Morgan fingerprint density at radius 1 is 1.36 bits per heavy atom. The minimum Gasteiger partial charge on any atom is -0.371 e. The summed E-state index contributed by atoms with van der Waals surface area (Å²) in [6.07, 6.45) is 4.09. The zero-order chi connectivity index (χ0) is 19.6. The van der Waals surface area contributed by atoms with Crippen molar-refractivity contribution >= 4 is 17.6 Å². The van der Waals surface area contributed by atoms with E-state index in [1.54, 1.807) is 31.2 Å². The fourth-order valence-electron chi connectivity index (χ4n) is 3.82. The van der Waals surface area contributed by atoms with Gasteiger partial charge in [0, 0.05) is 39.6 Å². The Hall–Kier alpha value is -1.95. The van der Waals surface area contributed by atoms with Gasteiger partial charge in [-0.1, -0.05) is 19.9 Å². The Morgan fingerprint density at radius 3 is 2.32 bits per heavy atom. The number of allylic oxidation sites excluding steroid dienone is 1. The van der Waals surface area contributed by atoms with E-state index in [1.807, 2.05) is 34.6 Å². The first-order chi connectivity index (χ1) is 11.6. The number of amides is 2. The normalized spacial score (nSPS) is 27.2. The minimum atomic E-state index is -0.890. The predicted octanol–water partition coefficient (Wildman–Crippen LogP) is 2.75. The van der Waals surface area contributed by atoms with Gasteiger partial charge in [-0.15, -0.1) is 0 Å². The Kier molecular flexibility index (Phi) is 6.34. The fraction of sp³-hybridized carbons (Fsp3) is 0.632. The summed E-state index contributed by atoms with van der Waals surface area (Å²) in [7, 11) is 3.17. The Morgan fingerprint density at radius 2 is 1.92 bits per heavy atom. The third kappa shape index (κ3) is 3.03. The molecule has 1 unspecified atom stereocenters. The summed E-state index contributed by atoms with van der Waals surface area (Å²) in [4.78, 5) is 27.9. The zero-order valence-electron chi connectivity index (χ0n) is 16.7. The largest absolute Gasteiger partial charge is 0.371 e. The van der Waals surface area contributed by atoms with Crippen LogP contribution in [0.4, 0.5) is 0 Å². The number of nitrogens with one attached hydrogen (secondary N) is 1. The summed E-state index contributed by atoms with van der Waals surface area (Å²) in [5.41, 5.74) is -0.372. The molecule has 0 bridgehead atoms. The van der Waals surface area contributed by atoms with Gasteiger partial charge in [0.05, 0.1) is 11.1 Å². The van der Waals surface area contributed by atoms with E-state index in [0.29, 0.717) is 24.1 Å². The number of likely N-dealkylation sites (tertiary alicyclic amines) is 1. The average molecular weight is 349 g/mol. The van der Waals surface area contributed by atoms with Gasteiger partial charge < -0.3 is 9.64 Å². The second kappa shape index (κ2) is 7.52. The van der Waals surface area contributed by atoms with Crippen molar-refractivity contribution in [3.63, 3.8) is 0 Å². The molecule has 2 aliphatic heterocycles. The monoisotopic (exact) mass is 349 g/mol.